The lowest BCUT2D eigenvalue weighted by Crippen LogP contribution is -2.27. The molecule has 1 aliphatic heterocycles. The molecule has 1 fully saturated rings. The Morgan fingerprint density at radius 1 is 1.37 bits per heavy atom. The summed E-state index contributed by atoms with van der Waals surface area (Å²) >= 11 is 0. The first kappa shape index (κ1) is 12.0. The molecule has 0 unspecified atom stereocenters. The molecule has 0 saturated carbocycles. The average molecular weight is 258 g/mol. The van der Waals surface area contributed by atoms with Crippen LogP contribution in [0.2, 0.25) is 0 Å². The van der Waals surface area contributed by atoms with Crippen LogP contribution in [0, 0.1) is 0 Å². The van der Waals surface area contributed by atoms with Gasteiger partial charge in [0.1, 0.15) is 5.65 Å². The Bertz CT molecular complexity index is 638. The third-order valence-electron chi connectivity index (χ3n) is 3.52. The lowest BCUT2D eigenvalue weighted by Gasteiger charge is -2.19. The van der Waals surface area contributed by atoms with Gasteiger partial charge in [-0.05, 0) is 17.0 Å². The van der Waals surface area contributed by atoms with Crippen LogP contribution in [0.15, 0.2) is 18.5 Å². The zero-order chi connectivity index (χ0) is 13.6. The quantitative estimate of drug-likeness (QED) is 0.825. The zero-order valence-corrected chi connectivity index (χ0v) is 11.4. The number of nitrogens with one attached hydrogen (secondary N) is 2. The maximum absolute atomic E-state index is 11.8. The summed E-state index contributed by atoms with van der Waals surface area (Å²) in [5, 5.41) is 3.82. The van der Waals surface area contributed by atoms with Gasteiger partial charge in [-0.25, -0.2) is 9.78 Å². The molecule has 0 aromatic carbocycles. The third-order valence-corrected chi connectivity index (χ3v) is 3.52. The molecular formula is C14H18N4O. The van der Waals surface area contributed by atoms with E-state index >= 15 is 0 Å². The molecule has 0 radical (unpaired) electrons. The summed E-state index contributed by atoms with van der Waals surface area (Å²) in [4.78, 5) is 21.1. The summed E-state index contributed by atoms with van der Waals surface area (Å²) in [6, 6.07) is 2.09. The van der Waals surface area contributed by atoms with Crippen molar-refractivity contribution in [1.82, 2.24) is 15.3 Å². The highest BCUT2D eigenvalue weighted by Gasteiger charge is 2.24. The van der Waals surface area contributed by atoms with Crippen molar-refractivity contribution < 1.29 is 4.79 Å². The largest absolute Gasteiger partial charge is 0.344 e. The highest BCUT2D eigenvalue weighted by atomic mass is 16.2. The van der Waals surface area contributed by atoms with E-state index in [1.54, 1.807) is 4.90 Å². The van der Waals surface area contributed by atoms with E-state index in [0.717, 1.165) is 16.7 Å². The van der Waals surface area contributed by atoms with Crippen LogP contribution in [0.3, 0.4) is 0 Å². The van der Waals surface area contributed by atoms with Gasteiger partial charge in [-0.15, -0.1) is 0 Å². The molecule has 2 N–H and O–H groups in total. The molecule has 3 rings (SSSR count). The number of fused-ring (bicyclic) bond motifs is 1. The molecule has 19 heavy (non-hydrogen) atoms. The Labute approximate surface area is 112 Å². The molecule has 2 aromatic rings. The number of nitrogens with zero attached hydrogens (tertiary/aromatic N) is 2. The molecule has 1 saturated heterocycles. The van der Waals surface area contributed by atoms with Crippen molar-refractivity contribution in [2.45, 2.75) is 26.2 Å². The average Bonchev–Trinajstić information content (AvgIpc) is 2.92. The fourth-order valence-corrected chi connectivity index (χ4v) is 2.32. The molecule has 5 nitrogen and oxygen atoms in total. The number of carbonyl (C=O) groups is 1. The summed E-state index contributed by atoms with van der Waals surface area (Å²) in [5.74, 6) is 0. The molecule has 2 aromatic heterocycles. The minimum absolute atomic E-state index is 0.0398. The van der Waals surface area contributed by atoms with Gasteiger partial charge in [0.25, 0.3) is 0 Å². The first-order valence-electron chi connectivity index (χ1n) is 6.50. The number of pyridine rings is 1. The molecule has 100 valence electrons. The SMILES string of the molecule is CC(C)(C)c1cnc2[nH]cc(N3CCNC3=O)c2c1. The normalized spacial score (nSPS) is 16.2. The maximum atomic E-state index is 11.8. The zero-order valence-electron chi connectivity index (χ0n) is 11.4. The molecule has 1 aliphatic rings. The third kappa shape index (κ3) is 1.95. The summed E-state index contributed by atoms with van der Waals surface area (Å²) in [6.45, 7) is 7.86. The van der Waals surface area contributed by atoms with Gasteiger partial charge < -0.3 is 10.3 Å². The second kappa shape index (κ2) is 3.98. The van der Waals surface area contributed by atoms with E-state index < -0.39 is 0 Å². The predicted molar refractivity (Wildman–Crippen MR) is 75.5 cm³/mol. The van der Waals surface area contributed by atoms with Gasteiger partial charge in [0.05, 0.1) is 5.69 Å². The van der Waals surface area contributed by atoms with Crippen LogP contribution < -0.4 is 10.2 Å². The van der Waals surface area contributed by atoms with E-state index in [-0.39, 0.29) is 11.4 Å². The molecule has 5 heteroatoms. The van der Waals surface area contributed by atoms with Gasteiger partial charge >= 0.3 is 6.03 Å². The van der Waals surface area contributed by atoms with Crippen LogP contribution in [0.4, 0.5) is 10.5 Å². The van der Waals surface area contributed by atoms with E-state index in [1.165, 1.54) is 5.56 Å². The topological polar surface area (TPSA) is 61.0 Å². The number of aromatic amines is 1. The van der Waals surface area contributed by atoms with Crippen LogP contribution in [-0.2, 0) is 5.41 Å². The van der Waals surface area contributed by atoms with E-state index in [4.69, 9.17) is 0 Å². The van der Waals surface area contributed by atoms with Crippen molar-refractivity contribution >= 4 is 22.8 Å². The maximum Gasteiger partial charge on any atom is 0.322 e. The molecule has 0 atom stereocenters. The van der Waals surface area contributed by atoms with Crippen LogP contribution >= 0.6 is 0 Å². The highest BCUT2D eigenvalue weighted by molar-refractivity contribution is 6.03. The monoisotopic (exact) mass is 258 g/mol. The van der Waals surface area contributed by atoms with Gasteiger partial charge in [0, 0.05) is 30.9 Å². The first-order chi connectivity index (χ1) is 8.97. The van der Waals surface area contributed by atoms with Crippen LogP contribution in [0.5, 0.6) is 0 Å². The highest BCUT2D eigenvalue weighted by Crippen LogP contribution is 2.30. The van der Waals surface area contributed by atoms with Gasteiger partial charge in [-0.3, -0.25) is 4.90 Å². The molecule has 0 spiro atoms. The van der Waals surface area contributed by atoms with Crippen molar-refractivity contribution in [3.63, 3.8) is 0 Å². The Kier molecular flexibility index (Phi) is 2.52. The lowest BCUT2D eigenvalue weighted by molar-refractivity contribution is 0.252. The summed E-state index contributed by atoms with van der Waals surface area (Å²) in [5.41, 5.74) is 2.94. The molecule has 0 aliphatic carbocycles. The fourth-order valence-electron chi connectivity index (χ4n) is 2.32. The van der Waals surface area contributed by atoms with Gasteiger partial charge in [0.15, 0.2) is 0 Å². The van der Waals surface area contributed by atoms with Crippen molar-refractivity contribution in [2.75, 3.05) is 18.0 Å². The fraction of sp³-hybridized carbons (Fsp3) is 0.429. The van der Waals surface area contributed by atoms with E-state index in [2.05, 4.69) is 42.1 Å². The number of urea groups is 1. The number of carbonyl (C=O) groups excluding carboxylic acids is 1. The van der Waals surface area contributed by atoms with Crippen LogP contribution in [-0.4, -0.2) is 29.1 Å². The minimum atomic E-state index is -0.0398. The van der Waals surface area contributed by atoms with Crippen molar-refractivity contribution in [3.8, 4) is 0 Å². The van der Waals surface area contributed by atoms with Crippen LogP contribution in [0.25, 0.3) is 11.0 Å². The summed E-state index contributed by atoms with van der Waals surface area (Å²) in [7, 11) is 0. The number of H-pyrrole nitrogens is 1. The molecule has 0 bridgehead atoms. The standard InChI is InChI=1S/C14H18N4O/c1-14(2,3)9-6-10-11(8-17-12(10)16-7-9)18-5-4-15-13(18)19/h6-8H,4-5H2,1-3H3,(H,15,19)(H,16,17). The van der Waals surface area contributed by atoms with Gasteiger partial charge in [-0.2, -0.15) is 0 Å². The number of rotatable bonds is 1. The van der Waals surface area contributed by atoms with Crippen molar-refractivity contribution in [1.29, 1.82) is 0 Å². The molecule has 3 heterocycles. The van der Waals surface area contributed by atoms with E-state index in [0.29, 0.717) is 13.1 Å². The van der Waals surface area contributed by atoms with Gasteiger partial charge in [0.2, 0.25) is 0 Å². The number of anilines is 1. The smallest absolute Gasteiger partial charge is 0.322 e. The lowest BCUT2D eigenvalue weighted by atomic mass is 9.88. The van der Waals surface area contributed by atoms with Crippen molar-refractivity contribution in [3.05, 3.63) is 24.0 Å². The van der Waals surface area contributed by atoms with E-state index in [1.807, 2.05) is 12.4 Å². The van der Waals surface area contributed by atoms with E-state index in [9.17, 15) is 4.79 Å². The second-order valence-electron chi connectivity index (χ2n) is 5.93. The Hall–Kier alpha value is -2.04. The first-order valence-corrected chi connectivity index (χ1v) is 6.50. The van der Waals surface area contributed by atoms with Crippen LogP contribution in [0.1, 0.15) is 26.3 Å². The van der Waals surface area contributed by atoms with Crippen molar-refractivity contribution in [2.24, 2.45) is 0 Å². The number of hydrogen-bond acceptors (Lipinski definition) is 2. The Morgan fingerprint density at radius 2 is 2.16 bits per heavy atom. The Balaban J connectivity index is 2.13. The summed E-state index contributed by atoms with van der Waals surface area (Å²) < 4.78 is 0. The molecule has 2 amide bonds. The Morgan fingerprint density at radius 3 is 2.79 bits per heavy atom. The predicted octanol–water partition coefficient (Wildman–Crippen LogP) is 2.39. The number of aromatic nitrogens is 2. The second-order valence-corrected chi connectivity index (χ2v) is 5.93. The number of hydrogen-bond donors (Lipinski definition) is 2. The number of amides is 2. The van der Waals surface area contributed by atoms with Gasteiger partial charge in [-0.1, -0.05) is 20.8 Å². The summed E-state index contributed by atoms with van der Waals surface area (Å²) in [6.07, 6.45) is 3.75. The minimum Gasteiger partial charge on any atom is -0.344 e. The molecular weight excluding hydrogens is 240 g/mol.